The lowest BCUT2D eigenvalue weighted by molar-refractivity contribution is -0.131. The Balaban J connectivity index is 2.00. The van der Waals surface area contributed by atoms with Crippen molar-refractivity contribution < 1.29 is 4.79 Å². The topological polar surface area (TPSA) is 17.1 Å². The molecule has 3 aliphatic rings. The fraction of sp³-hybridized carbons (Fsp3) is 0.833. The third-order valence-corrected chi connectivity index (χ3v) is 6.59. The van der Waals surface area contributed by atoms with Crippen molar-refractivity contribution in [3.8, 4) is 0 Å². The molecule has 1 heteroatoms. The van der Waals surface area contributed by atoms with Crippen molar-refractivity contribution >= 4 is 5.78 Å². The summed E-state index contributed by atoms with van der Waals surface area (Å²) in [6, 6.07) is 0. The molecule has 0 saturated heterocycles. The maximum absolute atomic E-state index is 12.8. The number of carbonyl (C=O) groups is 1. The minimum Gasteiger partial charge on any atom is -0.299 e. The first-order valence-corrected chi connectivity index (χ1v) is 8.24. The molecule has 106 valence electrons. The number of allylic oxidation sites excluding steroid dienone is 2. The Hall–Kier alpha value is -0.590. The van der Waals surface area contributed by atoms with Crippen molar-refractivity contribution in [3.05, 3.63) is 11.1 Å². The Morgan fingerprint density at radius 2 is 1.89 bits per heavy atom. The highest BCUT2D eigenvalue weighted by Gasteiger charge is 2.60. The normalized spacial score (nSPS) is 41.6. The molecule has 3 saturated carbocycles. The van der Waals surface area contributed by atoms with E-state index in [0.29, 0.717) is 23.5 Å². The van der Waals surface area contributed by atoms with Crippen LogP contribution in [0.5, 0.6) is 0 Å². The van der Waals surface area contributed by atoms with E-state index < -0.39 is 0 Å². The lowest BCUT2D eigenvalue weighted by Gasteiger charge is -2.33. The quantitative estimate of drug-likeness (QED) is 0.612. The van der Waals surface area contributed by atoms with Gasteiger partial charge in [0, 0.05) is 11.8 Å². The zero-order valence-electron chi connectivity index (χ0n) is 12.8. The minimum absolute atomic E-state index is 0.109. The average molecular weight is 260 g/mol. The second-order valence-electron chi connectivity index (χ2n) is 7.43. The predicted octanol–water partition coefficient (Wildman–Crippen LogP) is 4.91. The van der Waals surface area contributed by atoms with Crippen LogP contribution in [0.25, 0.3) is 0 Å². The summed E-state index contributed by atoms with van der Waals surface area (Å²) in [7, 11) is 0. The molecule has 3 rings (SSSR count). The Labute approximate surface area is 117 Å². The monoisotopic (exact) mass is 260 g/mol. The number of rotatable bonds is 1. The highest BCUT2D eigenvalue weighted by molar-refractivity contribution is 5.86. The number of carbonyl (C=O) groups excluding carboxylic acids is 1. The van der Waals surface area contributed by atoms with Gasteiger partial charge in [-0.25, -0.2) is 0 Å². The number of ketones is 1. The minimum atomic E-state index is 0.109. The van der Waals surface area contributed by atoms with Gasteiger partial charge in [0.1, 0.15) is 5.78 Å². The van der Waals surface area contributed by atoms with Crippen molar-refractivity contribution in [1.29, 1.82) is 0 Å². The molecule has 19 heavy (non-hydrogen) atoms. The van der Waals surface area contributed by atoms with Crippen molar-refractivity contribution in [1.82, 2.24) is 0 Å². The van der Waals surface area contributed by atoms with E-state index in [-0.39, 0.29) is 5.41 Å². The van der Waals surface area contributed by atoms with E-state index in [2.05, 4.69) is 20.8 Å². The van der Waals surface area contributed by atoms with Crippen LogP contribution in [0.15, 0.2) is 11.1 Å². The van der Waals surface area contributed by atoms with Gasteiger partial charge in [-0.2, -0.15) is 0 Å². The van der Waals surface area contributed by atoms with Gasteiger partial charge in [-0.1, -0.05) is 24.0 Å². The Kier molecular flexibility index (Phi) is 3.35. The van der Waals surface area contributed by atoms with Crippen LogP contribution in [-0.4, -0.2) is 5.78 Å². The maximum Gasteiger partial charge on any atom is 0.139 e. The van der Waals surface area contributed by atoms with Gasteiger partial charge in [0.2, 0.25) is 0 Å². The number of hydrogen-bond donors (Lipinski definition) is 0. The zero-order valence-corrected chi connectivity index (χ0v) is 12.8. The fourth-order valence-corrected chi connectivity index (χ4v) is 5.51. The maximum atomic E-state index is 12.8. The smallest absolute Gasteiger partial charge is 0.139 e. The first kappa shape index (κ1) is 13.4. The van der Waals surface area contributed by atoms with E-state index >= 15 is 0 Å². The molecule has 1 spiro atoms. The van der Waals surface area contributed by atoms with Crippen LogP contribution in [0.2, 0.25) is 0 Å². The molecule has 0 N–H and O–H groups in total. The molecule has 0 aromatic heterocycles. The van der Waals surface area contributed by atoms with Crippen LogP contribution in [-0.2, 0) is 4.79 Å². The van der Waals surface area contributed by atoms with E-state index in [1.54, 1.807) is 5.57 Å². The summed E-state index contributed by atoms with van der Waals surface area (Å²) in [4.78, 5) is 12.8. The van der Waals surface area contributed by atoms with Crippen molar-refractivity contribution in [2.75, 3.05) is 0 Å². The lowest BCUT2D eigenvalue weighted by Crippen LogP contribution is -2.36. The third-order valence-electron chi connectivity index (χ3n) is 6.59. The second-order valence-corrected chi connectivity index (χ2v) is 7.43. The first-order valence-electron chi connectivity index (χ1n) is 8.24. The predicted molar refractivity (Wildman–Crippen MR) is 78.9 cm³/mol. The van der Waals surface area contributed by atoms with E-state index in [0.717, 1.165) is 12.8 Å². The summed E-state index contributed by atoms with van der Waals surface area (Å²) in [5, 5.41) is 0. The molecule has 0 amide bonds. The number of Topliss-reactive ketones (excluding diaryl/α,β-unsaturated/α-hetero) is 1. The molecule has 0 aromatic rings. The van der Waals surface area contributed by atoms with Crippen LogP contribution >= 0.6 is 0 Å². The summed E-state index contributed by atoms with van der Waals surface area (Å²) >= 11 is 0. The molecule has 0 aromatic carbocycles. The SMILES string of the molecule is CC(C)=C(C)[C@H]1C[C@H]2CCCCC(=O)[C@]23CCC[C@H]13. The zero-order chi connectivity index (χ0) is 13.6. The van der Waals surface area contributed by atoms with Crippen LogP contribution < -0.4 is 0 Å². The molecular formula is C18H28O. The van der Waals surface area contributed by atoms with Gasteiger partial charge in [-0.15, -0.1) is 0 Å². The summed E-state index contributed by atoms with van der Waals surface area (Å²) < 4.78 is 0. The molecule has 1 nitrogen and oxygen atoms in total. The van der Waals surface area contributed by atoms with Gasteiger partial charge in [0.25, 0.3) is 0 Å². The average Bonchev–Trinajstić information content (AvgIpc) is 2.88. The number of hydrogen-bond acceptors (Lipinski definition) is 1. The second kappa shape index (κ2) is 4.75. The lowest BCUT2D eigenvalue weighted by atomic mass is 9.68. The third kappa shape index (κ3) is 1.84. The van der Waals surface area contributed by atoms with Gasteiger partial charge in [-0.05, 0) is 70.6 Å². The first-order chi connectivity index (χ1) is 9.07. The van der Waals surface area contributed by atoms with E-state index in [1.807, 2.05) is 0 Å². The molecular weight excluding hydrogens is 232 g/mol. The van der Waals surface area contributed by atoms with Gasteiger partial charge >= 0.3 is 0 Å². The van der Waals surface area contributed by atoms with E-state index in [4.69, 9.17) is 0 Å². The molecule has 3 fully saturated rings. The van der Waals surface area contributed by atoms with E-state index in [1.165, 1.54) is 44.1 Å². The Morgan fingerprint density at radius 1 is 1.11 bits per heavy atom. The van der Waals surface area contributed by atoms with Crippen molar-refractivity contribution in [2.24, 2.45) is 23.2 Å². The largest absolute Gasteiger partial charge is 0.299 e. The molecule has 0 heterocycles. The van der Waals surface area contributed by atoms with Crippen molar-refractivity contribution in [3.63, 3.8) is 0 Å². The van der Waals surface area contributed by atoms with Crippen LogP contribution in [0.4, 0.5) is 0 Å². The van der Waals surface area contributed by atoms with E-state index in [9.17, 15) is 4.79 Å². The Bertz CT molecular complexity index is 415. The van der Waals surface area contributed by atoms with Crippen molar-refractivity contribution in [2.45, 2.75) is 72.1 Å². The molecule has 4 atom stereocenters. The Morgan fingerprint density at radius 3 is 2.63 bits per heavy atom. The van der Waals surface area contributed by atoms with Gasteiger partial charge in [-0.3, -0.25) is 4.79 Å². The van der Waals surface area contributed by atoms with Gasteiger partial charge in [0.15, 0.2) is 0 Å². The van der Waals surface area contributed by atoms with Crippen LogP contribution in [0.1, 0.15) is 72.1 Å². The summed E-state index contributed by atoms with van der Waals surface area (Å²) in [5.74, 6) is 2.73. The summed E-state index contributed by atoms with van der Waals surface area (Å²) in [6.45, 7) is 6.81. The fourth-order valence-electron chi connectivity index (χ4n) is 5.51. The molecule has 0 bridgehead atoms. The van der Waals surface area contributed by atoms with Crippen LogP contribution in [0.3, 0.4) is 0 Å². The van der Waals surface area contributed by atoms with Gasteiger partial charge < -0.3 is 0 Å². The molecule has 0 aliphatic heterocycles. The van der Waals surface area contributed by atoms with Crippen LogP contribution in [0, 0.1) is 23.2 Å². The highest BCUT2D eigenvalue weighted by Crippen LogP contribution is 2.64. The highest BCUT2D eigenvalue weighted by atomic mass is 16.1. The summed E-state index contributed by atoms with van der Waals surface area (Å²) in [5.41, 5.74) is 3.18. The standard InChI is InChI=1S/C18H28O/c1-12(2)13(3)15-11-14-7-4-5-9-17(19)18(14)10-6-8-16(15)18/h14-16H,4-11H2,1-3H3/t14-,15-,16-,18-/m1/s1. The summed E-state index contributed by atoms with van der Waals surface area (Å²) in [6.07, 6.45) is 9.71. The van der Waals surface area contributed by atoms with Gasteiger partial charge in [0.05, 0.1) is 0 Å². The molecule has 0 radical (unpaired) electrons. The molecule has 0 unspecified atom stereocenters. The molecule has 3 aliphatic carbocycles.